The monoisotopic (exact) mass is 429 g/mol. The molecule has 176 valence electrons. The van der Waals surface area contributed by atoms with Crippen LogP contribution in [0, 0.1) is 22.7 Å². The van der Waals surface area contributed by atoms with E-state index in [0.29, 0.717) is 29.0 Å². The Morgan fingerprint density at radius 2 is 2.03 bits per heavy atom. The number of allylic oxidation sites excluding steroid dienone is 2. The van der Waals surface area contributed by atoms with Crippen molar-refractivity contribution in [2.24, 2.45) is 28.4 Å². The van der Waals surface area contributed by atoms with E-state index in [0.717, 1.165) is 25.8 Å². The van der Waals surface area contributed by atoms with E-state index >= 15 is 0 Å². The summed E-state index contributed by atoms with van der Waals surface area (Å²) in [6.45, 7) is 17.3. The molecule has 0 aromatic rings. The molecule has 0 spiro atoms. The molecule has 2 saturated heterocycles. The van der Waals surface area contributed by atoms with Gasteiger partial charge < -0.3 is 5.73 Å². The van der Waals surface area contributed by atoms with Crippen molar-refractivity contribution in [3.8, 4) is 0 Å². The van der Waals surface area contributed by atoms with E-state index in [1.165, 1.54) is 56.1 Å². The maximum atomic E-state index is 6.40. The summed E-state index contributed by atoms with van der Waals surface area (Å²) >= 11 is 0. The van der Waals surface area contributed by atoms with Crippen LogP contribution in [-0.2, 0) is 0 Å². The van der Waals surface area contributed by atoms with Crippen LogP contribution in [0.1, 0.15) is 72.6 Å². The molecule has 0 aromatic heterocycles. The van der Waals surface area contributed by atoms with Gasteiger partial charge in [-0.1, -0.05) is 57.4 Å². The van der Waals surface area contributed by atoms with E-state index in [9.17, 15) is 0 Å². The second-order valence-electron chi connectivity index (χ2n) is 11.6. The smallest absolute Gasteiger partial charge is 0.0804 e. The molecule has 2 aliphatic heterocycles. The number of hydrogen-bond acceptors (Lipinski definition) is 5. The Balaban J connectivity index is 1.39. The first-order valence-electron chi connectivity index (χ1n) is 12.7. The van der Waals surface area contributed by atoms with Gasteiger partial charge in [0.15, 0.2) is 0 Å². The molecule has 4 rings (SSSR count). The van der Waals surface area contributed by atoms with E-state index in [-0.39, 0.29) is 6.17 Å². The Bertz CT molecular complexity index is 704. The van der Waals surface area contributed by atoms with Gasteiger partial charge in [-0.2, -0.15) is 0 Å². The standard InChI is InChI=1S/C26H47N5/c1-18(12-15-31-17-30(6)24-22(31)23(27)28-16-29-24)9-10-21-19(2)11-14-25(4)20(3)8-7-13-26(21,25)5/h12,20-24,28-29H,2,7-11,13-17,27H2,1,3-6H3. The first-order valence-corrected chi connectivity index (χ1v) is 12.7. The van der Waals surface area contributed by atoms with E-state index < -0.39 is 0 Å². The van der Waals surface area contributed by atoms with Crippen LogP contribution in [0.25, 0.3) is 0 Å². The van der Waals surface area contributed by atoms with E-state index in [1.807, 2.05) is 0 Å². The fourth-order valence-corrected chi connectivity index (χ4v) is 7.57. The van der Waals surface area contributed by atoms with Crippen LogP contribution in [0.5, 0.6) is 0 Å². The lowest BCUT2D eigenvalue weighted by molar-refractivity contribution is -0.0896. The van der Waals surface area contributed by atoms with Gasteiger partial charge in [-0.3, -0.25) is 20.4 Å². The number of nitrogens with two attached hydrogens (primary N) is 1. The maximum Gasteiger partial charge on any atom is 0.0804 e. The molecular weight excluding hydrogens is 382 g/mol. The second-order valence-corrected chi connectivity index (χ2v) is 11.6. The largest absolute Gasteiger partial charge is 0.314 e. The third kappa shape index (κ3) is 4.06. The second kappa shape index (κ2) is 8.90. The predicted molar refractivity (Wildman–Crippen MR) is 130 cm³/mol. The van der Waals surface area contributed by atoms with Crippen LogP contribution in [0.2, 0.25) is 0 Å². The summed E-state index contributed by atoms with van der Waals surface area (Å²) in [5, 5.41) is 6.92. The van der Waals surface area contributed by atoms with Gasteiger partial charge in [-0.05, 0) is 68.7 Å². The summed E-state index contributed by atoms with van der Waals surface area (Å²) in [7, 11) is 2.19. The summed E-state index contributed by atoms with van der Waals surface area (Å²) in [5.74, 6) is 1.50. The molecule has 7 atom stereocenters. The van der Waals surface area contributed by atoms with Gasteiger partial charge in [0.2, 0.25) is 0 Å². The highest BCUT2D eigenvalue weighted by atomic mass is 15.5. The lowest BCUT2D eigenvalue weighted by Gasteiger charge is -2.61. The molecule has 0 amide bonds. The van der Waals surface area contributed by atoms with Gasteiger partial charge in [0.25, 0.3) is 0 Å². The quantitative estimate of drug-likeness (QED) is 0.580. The highest BCUT2D eigenvalue weighted by Gasteiger charge is 2.56. The van der Waals surface area contributed by atoms with E-state index in [1.54, 1.807) is 0 Å². The number of fused-ring (bicyclic) bond motifs is 2. The Morgan fingerprint density at radius 1 is 1.26 bits per heavy atom. The average Bonchev–Trinajstić information content (AvgIpc) is 3.05. The molecule has 0 bridgehead atoms. The molecule has 2 saturated carbocycles. The van der Waals surface area contributed by atoms with Gasteiger partial charge in [0, 0.05) is 13.2 Å². The zero-order valence-electron chi connectivity index (χ0n) is 20.7. The Hall–Kier alpha value is -0.720. The highest BCUT2D eigenvalue weighted by molar-refractivity contribution is 5.19. The summed E-state index contributed by atoms with van der Waals surface area (Å²) < 4.78 is 0. The van der Waals surface area contributed by atoms with Crippen molar-refractivity contribution >= 4 is 0 Å². The van der Waals surface area contributed by atoms with E-state index in [4.69, 9.17) is 5.73 Å². The van der Waals surface area contributed by atoms with Crippen LogP contribution in [-0.4, -0.2) is 55.1 Å². The van der Waals surface area contributed by atoms with E-state index in [2.05, 4.69) is 67.8 Å². The minimum absolute atomic E-state index is 0.0291. The Kier molecular flexibility index (Phi) is 6.73. The van der Waals surface area contributed by atoms with Crippen LogP contribution >= 0.6 is 0 Å². The van der Waals surface area contributed by atoms with Crippen molar-refractivity contribution in [1.29, 1.82) is 0 Å². The average molecular weight is 430 g/mol. The number of nitrogens with zero attached hydrogens (tertiary/aromatic N) is 2. The Labute approximate surface area is 190 Å². The summed E-state index contributed by atoms with van der Waals surface area (Å²) in [6, 6.07) is 0.323. The molecule has 0 radical (unpaired) electrons. The van der Waals surface area contributed by atoms with Gasteiger partial charge in [0.1, 0.15) is 0 Å². The van der Waals surface area contributed by atoms with Crippen molar-refractivity contribution in [2.45, 2.75) is 91.0 Å². The first kappa shape index (κ1) is 23.4. The minimum atomic E-state index is 0.0291. The van der Waals surface area contributed by atoms with Crippen LogP contribution < -0.4 is 16.4 Å². The predicted octanol–water partition coefficient (Wildman–Crippen LogP) is 3.85. The molecule has 4 N–H and O–H groups in total. The SMILES string of the molecule is C=C1CCC2(C)C(C)CCCC2(C)C1CCC(C)=CCN1CN(C)C2NCNC(N)C21. The molecule has 4 fully saturated rings. The van der Waals surface area contributed by atoms with Crippen LogP contribution in [0.4, 0.5) is 0 Å². The van der Waals surface area contributed by atoms with Crippen molar-refractivity contribution in [1.82, 2.24) is 20.4 Å². The molecule has 4 aliphatic rings. The van der Waals surface area contributed by atoms with Crippen molar-refractivity contribution in [2.75, 3.05) is 26.9 Å². The highest BCUT2D eigenvalue weighted by Crippen LogP contribution is 2.65. The van der Waals surface area contributed by atoms with Gasteiger partial charge in [-0.15, -0.1) is 0 Å². The topological polar surface area (TPSA) is 56.6 Å². The third-order valence-electron chi connectivity index (χ3n) is 10.1. The fourth-order valence-electron chi connectivity index (χ4n) is 7.57. The summed E-state index contributed by atoms with van der Waals surface area (Å²) in [4.78, 5) is 4.89. The van der Waals surface area contributed by atoms with Crippen LogP contribution in [0.15, 0.2) is 23.8 Å². The number of hydrogen-bond donors (Lipinski definition) is 3. The number of likely N-dealkylation sites (N-methyl/N-ethyl adjacent to an activating group) is 1. The molecule has 2 aliphatic carbocycles. The normalized spacial score (nSPS) is 44.9. The zero-order valence-corrected chi connectivity index (χ0v) is 20.7. The number of rotatable bonds is 5. The maximum absolute atomic E-state index is 6.40. The first-order chi connectivity index (χ1) is 14.7. The fraction of sp³-hybridized carbons (Fsp3) is 0.846. The van der Waals surface area contributed by atoms with Crippen molar-refractivity contribution in [3.05, 3.63) is 23.8 Å². The van der Waals surface area contributed by atoms with Crippen LogP contribution in [0.3, 0.4) is 0 Å². The van der Waals surface area contributed by atoms with Gasteiger partial charge in [0.05, 0.1) is 25.0 Å². The molecule has 7 unspecified atom stereocenters. The Morgan fingerprint density at radius 3 is 2.81 bits per heavy atom. The van der Waals surface area contributed by atoms with Crippen molar-refractivity contribution in [3.63, 3.8) is 0 Å². The molecule has 0 aromatic carbocycles. The molecule has 5 heteroatoms. The minimum Gasteiger partial charge on any atom is -0.314 e. The third-order valence-corrected chi connectivity index (χ3v) is 10.1. The molecular formula is C26H47N5. The molecule has 2 heterocycles. The van der Waals surface area contributed by atoms with Crippen molar-refractivity contribution < 1.29 is 0 Å². The summed E-state index contributed by atoms with van der Waals surface area (Å²) in [6.07, 6.45) is 12.0. The molecule has 5 nitrogen and oxygen atoms in total. The van der Waals surface area contributed by atoms with Gasteiger partial charge in [-0.25, -0.2) is 0 Å². The van der Waals surface area contributed by atoms with Gasteiger partial charge >= 0.3 is 0 Å². The lowest BCUT2D eigenvalue weighted by Crippen LogP contribution is -2.67. The zero-order chi connectivity index (χ0) is 22.4. The molecule has 31 heavy (non-hydrogen) atoms. The lowest BCUT2D eigenvalue weighted by atomic mass is 9.43. The summed E-state index contributed by atoms with van der Waals surface area (Å²) in [5.41, 5.74) is 10.3. The number of nitrogens with one attached hydrogen (secondary N) is 2.